The number of hydrogen-bond donors (Lipinski definition) is 0. The lowest BCUT2D eigenvalue weighted by atomic mass is 10.1. The normalized spacial score (nSPS) is 11.2. The first kappa shape index (κ1) is 11.5. The average Bonchev–Trinajstić information content (AvgIpc) is 2.48. The van der Waals surface area contributed by atoms with E-state index in [0.717, 1.165) is 22.3 Å². The number of nitrogens with zero attached hydrogens (tertiary/aromatic N) is 3. The van der Waals surface area contributed by atoms with Gasteiger partial charge in [-0.05, 0) is 31.2 Å². The van der Waals surface area contributed by atoms with Gasteiger partial charge in [0.2, 0.25) is 0 Å². The molecule has 3 heteroatoms. The lowest BCUT2D eigenvalue weighted by molar-refractivity contribution is 1.17. The lowest BCUT2D eigenvalue weighted by Crippen LogP contribution is -1.95. The third-order valence-electron chi connectivity index (χ3n) is 2.84. The van der Waals surface area contributed by atoms with Crippen molar-refractivity contribution >= 4 is 17.0 Å². The van der Waals surface area contributed by atoms with Crippen molar-refractivity contribution in [3.05, 3.63) is 60.6 Å². The van der Waals surface area contributed by atoms with Crippen molar-refractivity contribution in [3.8, 4) is 11.4 Å². The van der Waals surface area contributed by atoms with Gasteiger partial charge in [-0.25, -0.2) is 9.97 Å². The molecule has 0 spiro atoms. The zero-order valence-corrected chi connectivity index (χ0v) is 10.6. The maximum Gasteiger partial charge on any atom is 0.152 e. The first-order chi connectivity index (χ1) is 9.38. The van der Waals surface area contributed by atoms with E-state index < -0.39 is 0 Å². The highest BCUT2D eigenvalue weighted by Crippen LogP contribution is 2.24. The number of aromatic nitrogens is 3. The van der Waals surface area contributed by atoms with Crippen molar-refractivity contribution in [1.29, 1.82) is 0 Å². The maximum absolute atomic E-state index is 4.60. The van der Waals surface area contributed by atoms with Crippen LogP contribution < -0.4 is 0 Å². The lowest BCUT2D eigenvalue weighted by Gasteiger charge is -2.06. The van der Waals surface area contributed by atoms with Gasteiger partial charge in [0.25, 0.3) is 0 Å². The smallest absolute Gasteiger partial charge is 0.152 e. The van der Waals surface area contributed by atoms with E-state index in [0.29, 0.717) is 5.82 Å². The molecule has 0 unspecified atom stereocenters. The van der Waals surface area contributed by atoms with Gasteiger partial charge in [0.15, 0.2) is 5.82 Å². The van der Waals surface area contributed by atoms with Gasteiger partial charge in [0.05, 0.1) is 11.2 Å². The predicted molar refractivity (Wildman–Crippen MR) is 77.5 cm³/mol. The number of rotatable bonds is 2. The largest absolute Gasteiger partial charge is 0.255 e. The van der Waals surface area contributed by atoms with Gasteiger partial charge in [0, 0.05) is 11.6 Å². The van der Waals surface area contributed by atoms with Gasteiger partial charge in [-0.2, -0.15) is 0 Å². The van der Waals surface area contributed by atoms with Crippen molar-refractivity contribution in [2.75, 3.05) is 0 Å². The molecule has 0 saturated carbocycles. The van der Waals surface area contributed by atoms with Crippen LogP contribution in [-0.2, 0) is 0 Å². The average molecular weight is 247 g/mol. The summed E-state index contributed by atoms with van der Waals surface area (Å²) in [5.74, 6) is 0.710. The van der Waals surface area contributed by atoms with E-state index in [1.807, 2.05) is 61.5 Å². The highest BCUT2D eigenvalue weighted by molar-refractivity contribution is 5.91. The van der Waals surface area contributed by atoms with E-state index in [1.54, 1.807) is 6.20 Å². The molecule has 0 radical (unpaired) electrons. The summed E-state index contributed by atoms with van der Waals surface area (Å²) in [5.41, 5.74) is 2.68. The predicted octanol–water partition coefficient (Wildman–Crippen LogP) is 3.72. The third kappa shape index (κ3) is 2.22. The molecule has 0 atom stereocenters. The highest BCUT2D eigenvalue weighted by Gasteiger charge is 2.08. The Balaban J connectivity index is 2.32. The van der Waals surface area contributed by atoms with Crippen LogP contribution in [0.1, 0.15) is 12.7 Å². The maximum atomic E-state index is 4.60. The number of fused-ring (bicyclic) bond motifs is 1. The molecule has 2 aromatic heterocycles. The first-order valence-electron chi connectivity index (χ1n) is 6.19. The summed E-state index contributed by atoms with van der Waals surface area (Å²) >= 11 is 0. The van der Waals surface area contributed by atoms with Crippen LogP contribution in [0.15, 0.2) is 54.7 Å². The van der Waals surface area contributed by atoms with Crippen LogP contribution in [0.2, 0.25) is 0 Å². The highest BCUT2D eigenvalue weighted by atomic mass is 14.9. The summed E-state index contributed by atoms with van der Waals surface area (Å²) in [5, 5.41) is 1.02. The second-order valence-electron chi connectivity index (χ2n) is 4.16. The molecule has 92 valence electrons. The molecule has 0 amide bonds. The summed E-state index contributed by atoms with van der Waals surface area (Å²) in [6.07, 6.45) is 5.62. The third-order valence-corrected chi connectivity index (χ3v) is 2.84. The van der Waals surface area contributed by atoms with E-state index in [1.165, 1.54) is 0 Å². The Morgan fingerprint density at radius 3 is 2.58 bits per heavy atom. The molecule has 0 fully saturated rings. The zero-order chi connectivity index (χ0) is 13.1. The second-order valence-corrected chi connectivity index (χ2v) is 4.16. The van der Waals surface area contributed by atoms with Crippen LogP contribution in [0, 0.1) is 0 Å². The number of para-hydroxylation sites is 1. The van der Waals surface area contributed by atoms with Crippen molar-refractivity contribution in [1.82, 2.24) is 15.0 Å². The standard InChI is InChI=1S/C16H13N3/c1-2-7-15-18-13-9-4-3-8-12(13)16(19-15)14-10-5-6-11-17-14/h2-11H,1H3. The summed E-state index contributed by atoms with van der Waals surface area (Å²) in [7, 11) is 0. The molecule has 0 N–H and O–H groups in total. The Morgan fingerprint density at radius 1 is 0.947 bits per heavy atom. The molecule has 0 aliphatic carbocycles. The van der Waals surface area contributed by atoms with Gasteiger partial charge >= 0.3 is 0 Å². The van der Waals surface area contributed by atoms with Crippen molar-refractivity contribution in [2.24, 2.45) is 0 Å². The monoisotopic (exact) mass is 247 g/mol. The van der Waals surface area contributed by atoms with Gasteiger partial charge in [-0.3, -0.25) is 4.98 Å². The van der Waals surface area contributed by atoms with Crippen LogP contribution in [0.3, 0.4) is 0 Å². The van der Waals surface area contributed by atoms with E-state index >= 15 is 0 Å². The second kappa shape index (κ2) is 4.98. The van der Waals surface area contributed by atoms with Crippen molar-refractivity contribution < 1.29 is 0 Å². The minimum Gasteiger partial charge on any atom is -0.255 e. The minimum atomic E-state index is 0.710. The number of allylic oxidation sites excluding steroid dienone is 1. The summed E-state index contributed by atoms with van der Waals surface area (Å²) in [6.45, 7) is 1.96. The SMILES string of the molecule is CC=Cc1nc(-c2ccccn2)c2ccccc2n1. The molecule has 0 aliphatic rings. The van der Waals surface area contributed by atoms with Crippen LogP contribution in [0.4, 0.5) is 0 Å². The fourth-order valence-corrected chi connectivity index (χ4v) is 2.02. The van der Waals surface area contributed by atoms with Gasteiger partial charge in [-0.1, -0.05) is 30.3 Å². The minimum absolute atomic E-state index is 0.710. The first-order valence-corrected chi connectivity index (χ1v) is 6.19. The van der Waals surface area contributed by atoms with Gasteiger partial charge in [-0.15, -0.1) is 0 Å². The summed E-state index contributed by atoms with van der Waals surface area (Å²) in [6, 6.07) is 13.8. The number of pyridine rings is 1. The van der Waals surface area contributed by atoms with E-state index in [4.69, 9.17) is 0 Å². The molecule has 1 aromatic carbocycles. The zero-order valence-electron chi connectivity index (χ0n) is 10.6. The Morgan fingerprint density at radius 2 is 1.79 bits per heavy atom. The number of hydrogen-bond acceptors (Lipinski definition) is 3. The topological polar surface area (TPSA) is 38.7 Å². The molecule has 0 aliphatic heterocycles. The molecule has 0 saturated heterocycles. The van der Waals surface area contributed by atoms with Crippen molar-refractivity contribution in [2.45, 2.75) is 6.92 Å². The van der Waals surface area contributed by atoms with Crippen LogP contribution in [0.25, 0.3) is 28.4 Å². The Bertz CT molecular complexity index is 733. The molecule has 3 aromatic rings. The van der Waals surface area contributed by atoms with E-state index in [-0.39, 0.29) is 0 Å². The fourth-order valence-electron chi connectivity index (χ4n) is 2.02. The molecule has 2 heterocycles. The quantitative estimate of drug-likeness (QED) is 0.692. The molecule has 3 rings (SSSR count). The van der Waals surface area contributed by atoms with Gasteiger partial charge < -0.3 is 0 Å². The van der Waals surface area contributed by atoms with Crippen LogP contribution in [-0.4, -0.2) is 15.0 Å². The van der Waals surface area contributed by atoms with Gasteiger partial charge in [0.1, 0.15) is 5.69 Å². The van der Waals surface area contributed by atoms with Crippen molar-refractivity contribution in [3.63, 3.8) is 0 Å². The molecule has 0 bridgehead atoms. The fraction of sp³-hybridized carbons (Fsp3) is 0.0625. The Kier molecular flexibility index (Phi) is 3.02. The molecule has 19 heavy (non-hydrogen) atoms. The molecular weight excluding hydrogens is 234 g/mol. The summed E-state index contributed by atoms with van der Waals surface area (Å²) in [4.78, 5) is 13.5. The Hall–Kier alpha value is -2.55. The Labute approximate surface area is 111 Å². The molecule has 3 nitrogen and oxygen atoms in total. The van der Waals surface area contributed by atoms with Crippen LogP contribution in [0.5, 0.6) is 0 Å². The summed E-state index contributed by atoms with van der Waals surface area (Å²) < 4.78 is 0. The van der Waals surface area contributed by atoms with Crippen LogP contribution >= 0.6 is 0 Å². The molecular formula is C16H13N3. The van der Waals surface area contributed by atoms with E-state index in [9.17, 15) is 0 Å². The van der Waals surface area contributed by atoms with E-state index in [2.05, 4.69) is 15.0 Å². The number of benzene rings is 1.